The largest absolute Gasteiger partial charge is 0.390 e. The molecule has 0 saturated carbocycles. The summed E-state index contributed by atoms with van der Waals surface area (Å²) < 4.78 is 24.5. The molecule has 1 saturated heterocycles. The van der Waals surface area contributed by atoms with Crippen LogP contribution in [0.2, 0.25) is 0 Å². The highest BCUT2D eigenvalue weighted by atomic mass is 32.1. The van der Waals surface area contributed by atoms with E-state index in [-0.39, 0.29) is 29.4 Å². The van der Waals surface area contributed by atoms with E-state index in [1.165, 1.54) is 17.4 Å². The first-order valence-electron chi connectivity index (χ1n) is 15.5. The summed E-state index contributed by atoms with van der Waals surface area (Å²) in [7, 11) is 2.12. The highest BCUT2D eigenvalue weighted by Gasteiger charge is 2.49. The number of likely N-dealkylation sites (N-methyl/N-ethyl adjacent to an activating group) is 1. The molecule has 3 atom stereocenters. The van der Waals surface area contributed by atoms with Crippen LogP contribution in [0.1, 0.15) is 84.5 Å². The topological polar surface area (TPSA) is 161 Å². The minimum atomic E-state index is -0.656. The average Bonchev–Trinajstić information content (AvgIpc) is 3.86. The Morgan fingerprint density at radius 3 is 2.82 bits per heavy atom. The standard InChI is InChI=1S/C31H33FN10O2S/c1-16(21-7-5-11-40(21)2)41-29-20(14-35-41)30(42-23(32)12-17(15-43)38-42)37-28(36-29)25-18-6-3-9-31(26(18)44-39-25)10-4-8-22-24(31)19(13-33)27(34)45-22/h12,14,16,21,43H,3-11,15,34H2,1-2H3. The molecule has 232 valence electrons. The molecule has 6 heterocycles. The van der Waals surface area contributed by atoms with Gasteiger partial charge in [0, 0.05) is 22.5 Å². The van der Waals surface area contributed by atoms with Crippen LogP contribution in [-0.2, 0) is 24.9 Å². The number of nitriles is 1. The van der Waals surface area contributed by atoms with Crippen LogP contribution in [0.25, 0.3) is 28.4 Å². The number of nitrogens with two attached hydrogens (primary N) is 1. The van der Waals surface area contributed by atoms with E-state index in [1.807, 2.05) is 4.68 Å². The second-order valence-corrected chi connectivity index (χ2v) is 13.7. The maximum atomic E-state index is 15.3. The van der Waals surface area contributed by atoms with Gasteiger partial charge in [-0.2, -0.15) is 24.5 Å². The van der Waals surface area contributed by atoms with Crippen molar-refractivity contribution in [2.24, 2.45) is 0 Å². The number of nitrogens with zero attached hydrogens (tertiary/aromatic N) is 9. The van der Waals surface area contributed by atoms with Gasteiger partial charge in [0.15, 0.2) is 28.7 Å². The number of anilines is 1. The quantitative estimate of drug-likeness (QED) is 0.285. The molecule has 0 radical (unpaired) electrons. The van der Waals surface area contributed by atoms with Crippen LogP contribution in [0.15, 0.2) is 16.8 Å². The summed E-state index contributed by atoms with van der Waals surface area (Å²) in [6, 6.07) is 3.81. The molecule has 0 aromatic carbocycles. The van der Waals surface area contributed by atoms with Gasteiger partial charge >= 0.3 is 0 Å². The maximum Gasteiger partial charge on any atom is 0.218 e. The molecule has 1 spiro atoms. The molecule has 3 N–H and O–H groups in total. The Morgan fingerprint density at radius 2 is 2.09 bits per heavy atom. The fourth-order valence-electron chi connectivity index (χ4n) is 8.03. The van der Waals surface area contributed by atoms with Gasteiger partial charge in [-0.3, -0.25) is 0 Å². The molecule has 0 bridgehead atoms. The van der Waals surface area contributed by atoms with Gasteiger partial charge in [0.25, 0.3) is 0 Å². The van der Waals surface area contributed by atoms with Crippen LogP contribution in [-0.4, -0.2) is 64.3 Å². The van der Waals surface area contributed by atoms with Crippen LogP contribution >= 0.6 is 11.3 Å². The number of hydrogen-bond acceptors (Lipinski definition) is 11. The van der Waals surface area contributed by atoms with Crippen LogP contribution in [0.3, 0.4) is 0 Å². The summed E-state index contributed by atoms with van der Waals surface area (Å²) in [5, 5.41) is 34.4. The lowest BCUT2D eigenvalue weighted by atomic mass is 9.63. The minimum absolute atomic E-state index is 0.00956. The Morgan fingerprint density at radius 1 is 1.27 bits per heavy atom. The minimum Gasteiger partial charge on any atom is -0.390 e. The van der Waals surface area contributed by atoms with E-state index in [1.54, 1.807) is 6.20 Å². The van der Waals surface area contributed by atoms with E-state index < -0.39 is 18.0 Å². The zero-order chi connectivity index (χ0) is 31.0. The predicted molar refractivity (Wildman–Crippen MR) is 164 cm³/mol. The lowest BCUT2D eigenvalue weighted by Gasteiger charge is -2.39. The van der Waals surface area contributed by atoms with Crippen LogP contribution < -0.4 is 5.73 Å². The monoisotopic (exact) mass is 628 g/mol. The highest BCUT2D eigenvalue weighted by Crippen LogP contribution is 2.55. The van der Waals surface area contributed by atoms with E-state index in [0.29, 0.717) is 33.7 Å². The first-order valence-corrected chi connectivity index (χ1v) is 16.3. The molecule has 2 aliphatic carbocycles. The van der Waals surface area contributed by atoms with Crippen molar-refractivity contribution in [2.45, 2.75) is 82.4 Å². The number of aliphatic hydroxyl groups is 1. The number of aryl methyl sites for hydroxylation is 1. The molecule has 14 heteroatoms. The number of aliphatic hydroxyl groups excluding tert-OH is 1. The third-order valence-corrected chi connectivity index (χ3v) is 11.2. The maximum absolute atomic E-state index is 15.3. The molecule has 1 fully saturated rings. The summed E-state index contributed by atoms with van der Waals surface area (Å²) in [6.07, 6.45) is 8.88. The predicted octanol–water partition coefficient (Wildman–Crippen LogP) is 4.43. The lowest BCUT2D eigenvalue weighted by Crippen LogP contribution is -2.35. The molecule has 8 rings (SSSR count). The molecule has 3 aliphatic rings. The third-order valence-electron chi connectivity index (χ3n) is 10.1. The first-order chi connectivity index (χ1) is 21.8. The number of halogens is 1. The third kappa shape index (κ3) is 4.10. The van der Waals surface area contributed by atoms with E-state index in [0.717, 1.165) is 77.9 Å². The Kier molecular flexibility index (Phi) is 6.56. The zero-order valence-electron chi connectivity index (χ0n) is 25.1. The molecule has 1 aliphatic heterocycles. The van der Waals surface area contributed by atoms with Crippen LogP contribution in [0, 0.1) is 17.3 Å². The number of likely N-dealkylation sites (tertiary alicyclic amines) is 1. The Hall–Kier alpha value is -4.19. The average molecular weight is 629 g/mol. The molecule has 12 nitrogen and oxygen atoms in total. The molecule has 5 aromatic heterocycles. The van der Waals surface area contributed by atoms with Gasteiger partial charge in [-0.05, 0) is 77.4 Å². The summed E-state index contributed by atoms with van der Waals surface area (Å²) in [5.74, 6) is 0.586. The van der Waals surface area contributed by atoms with Crippen LogP contribution in [0.5, 0.6) is 0 Å². The van der Waals surface area contributed by atoms with Gasteiger partial charge in [-0.15, -0.1) is 11.3 Å². The number of thiophene rings is 1. The van der Waals surface area contributed by atoms with E-state index >= 15 is 4.39 Å². The summed E-state index contributed by atoms with van der Waals surface area (Å²) in [4.78, 5) is 13.3. The normalized spacial score (nSPS) is 22.2. The fourth-order valence-corrected chi connectivity index (χ4v) is 9.19. The van der Waals surface area contributed by atoms with Crippen molar-refractivity contribution in [3.8, 4) is 23.4 Å². The Bertz CT molecular complexity index is 2000. The fraction of sp³-hybridized carbons (Fsp3) is 0.484. The van der Waals surface area contributed by atoms with Crippen molar-refractivity contribution in [2.75, 3.05) is 19.3 Å². The molecule has 3 unspecified atom stereocenters. The summed E-state index contributed by atoms with van der Waals surface area (Å²) in [6.45, 7) is 2.73. The van der Waals surface area contributed by atoms with Gasteiger partial charge in [-0.25, -0.2) is 14.6 Å². The second kappa shape index (κ2) is 10.4. The smallest absolute Gasteiger partial charge is 0.218 e. The van der Waals surface area contributed by atoms with Gasteiger partial charge < -0.3 is 20.3 Å². The van der Waals surface area contributed by atoms with Crippen molar-refractivity contribution in [3.63, 3.8) is 0 Å². The molecular formula is C31H33FN10O2S. The number of hydrogen-bond donors (Lipinski definition) is 2. The SMILES string of the molecule is CC(C1CCCN1C)n1ncc2c(-n3nc(CO)cc3F)nc(-c3noc4c3CCCC43CCCc4sc(N)c(C#N)c43)nc21. The molecule has 5 aromatic rings. The van der Waals surface area contributed by atoms with Crippen molar-refractivity contribution in [3.05, 3.63) is 51.2 Å². The Labute approximate surface area is 262 Å². The second-order valence-electron chi connectivity index (χ2n) is 12.5. The van der Waals surface area contributed by atoms with Crippen LogP contribution in [0.4, 0.5) is 9.39 Å². The van der Waals surface area contributed by atoms with Crippen molar-refractivity contribution in [1.29, 1.82) is 5.26 Å². The number of rotatable bonds is 5. The van der Waals surface area contributed by atoms with Gasteiger partial charge in [0.05, 0.1) is 40.9 Å². The van der Waals surface area contributed by atoms with E-state index in [4.69, 9.17) is 25.3 Å². The Balaban J connectivity index is 1.33. The molecular weight excluding hydrogens is 595 g/mol. The van der Waals surface area contributed by atoms with Gasteiger partial charge in [0.2, 0.25) is 5.95 Å². The van der Waals surface area contributed by atoms with E-state index in [2.05, 4.69) is 35.2 Å². The number of aromatic nitrogens is 7. The van der Waals surface area contributed by atoms with Gasteiger partial charge in [0.1, 0.15) is 11.1 Å². The zero-order valence-corrected chi connectivity index (χ0v) is 25.9. The van der Waals surface area contributed by atoms with Crippen molar-refractivity contribution >= 4 is 27.4 Å². The lowest BCUT2D eigenvalue weighted by molar-refractivity contribution is 0.232. The van der Waals surface area contributed by atoms with E-state index in [9.17, 15) is 10.4 Å². The summed E-state index contributed by atoms with van der Waals surface area (Å²) >= 11 is 1.50. The summed E-state index contributed by atoms with van der Waals surface area (Å²) in [5.41, 5.74) is 9.50. The first kappa shape index (κ1) is 28.3. The van der Waals surface area contributed by atoms with Crippen molar-refractivity contribution in [1.82, 2.24) is 39.6 Å². The number of nitrogen functional groups attached to an aromatic ring is 1. The molecule has 45 heavy (non-hydrogen) atoms. The van der Waals surface area contributed by atoms with Gasteiger partial charge in [-0.1, -0.05) is 5.16 Å². The highest BCUT2D eigenvalue weighted by molar-refractivity contribution is 7.16. The van der Waals surface area contributed by atoms with Crippen molar-refractivity contribution < 1.29 is 14.0 Å². The molecule has 0 amide bonds. The number of fused-ring (bicyclic) bond motifs is 5.